The molecule has 0 radical (unpaired) electrons. The predicted molar refractivity (Wildman–Crippen MR) is 98.5 cm³/mol. The van der Waals surface area contributed by atoms with Gasteiger partial charge in [-0.3, -0.25) is 4.79 Å². The minimum Gasteiger partial charge on any atom is -0.371 e. The van der Waals surface area contributed by atoms with Gasteiger partial charge in [-0.25, -0.2) is 12.7 Å². The third-order valence-electron chi connectivity index (χ3n) is 5.07. The lowest BCUT2D eigenvalue weighted by atomic mass is 10.1. The largest absolute Gasteiger partial charge is 0.371 e. The number of sulfonamides is 1. The number of likely N-dealkylation sites (tertiary alicyclic amines) is 1. The van der Waals surface area contributed by atoms with Gasteiger partial charge in [-0.05, 0) is 50.3 Å². The van der Waals surface area contributed by atoms with Gasteiger partial charge in [-0.15, -0.1) is 0 Å². The van der Waals surface area contributed by atoms with Crippen molar-refractivity contribution >= 4 is 21.6 Å². The van der Waals surface area contributed by atoms with Gasteiger partial charge < -0.3 is 9.80 Å². The highest BCUT2D eigenvalue weighted by Crippen LogP contribution is 2.29. The highest BCUT2D eigenvalue weighted by Gasteiger charge is 2.27. The van der Waals surface area contributed by atoms with Crippen molar-refractivity contribution < 1.29 is 13.2 Å². The summed E-state index contributed by atoms with van der Waals surface area (Å²) in [5.41, 5.74) is 1.39. The van der Waals surface area contributed by atoms with E-state index in [4.69, 9.17) is 0 Å². The molecule has 2 saturated heterocycles. The number of anilines is 1. The number of amides is 1. The Hall–Kier alpha value is -1.60. The molecule has 0 aromatic heterocycles. The Morgan fingerprint density at radius 2 is 1.56 bits per heavy atom. The van der Waals surface area contributed by atoms with E-state index >= 15 is 0 Å². The lowest BCUT2D eigenvalue weighted by Gasteiger charge is -2.29. The fraction of sp³-hybridized carbons (Fsp3) is 0.611. The first-order chi connectivity index (χ1) is 11.9. The third kappa shape index (κ3) is 3.67. The summed E-state index contributed by atoms with van der Waals surface area (Å²) in [6.07, 6.45) is 5.39. The van der Waals surface area contributed by atoms with E-state index in [9.17, 15) is 13.2 Å². The first kappa shape index (κ1) is 18.2. The standard InChI is InChI=1S/C18H27N3O3S/c1-19(2)25(23,24)15-8-9-17(20-10-6-7-11-20)16(14-15)18(22)21-12-4-3-5-13-21/h8-9,14H,3-7,10-13H2,1-2H3. The Kier molecular flexibility index (Phi) is 5.34. The number of hydrogen-bond donors (Lipinski definition) is 0. The van der Waals surface area contributed by atoms with Gasteiger partial charge in [0.2, 0.25) is 10.0 Å². The summed E-state index contributed by atoms with van der Waals surface area (Å²) in [5.74, 6) is -0.0441. The van der Waals surface area contributed by atoms with Gasteiger partial charge >= 0.3 is 0 Å². The summed E-state index contributed by atoms with van der Waals surface area (Å²) in [4.78, 5) is 17.4. The summed E-state index contributed by atoms with van der Waals surface area (Å²) in [6.45, 7) is 3.34. The van der Waals surface area contributed by atoms with Crippen LogP contribution in [0.3, 0.4) is 0 Å². The Labute approximate surface area is 150 Å². The van der Waals surface area contributed by atoms with E-state index in [1.807, 2.05) is 4.90 Å². The molecule has 3 rings (SSSR count). The van der Waals surface area contributed by atoms with Crippen LogP contribution >= 0.6 is 0 Å². The molecule has 25 heavy (non-hydrogen) atoms. The molecule has 7 heteroatoms. The molecule has 0 N–H and O–H groups in total. The van der Waals surface area contributed by atoms with E-state index < -0.39 is 10.0 Å². The number of rotatable bonds is 4. The second-order valence-electron chi connectivity index (χ2n) is 7.01. The van der Waals surface area contributed by atoms with Crippen LogP contribution in [0.25, 0.3) is 0 Å². The van der Waals surface area contributed by atoms with Crippen molar-refractivity contribution in [1.29, 1.82) is 0 Å². The zero-order valence-corrected chi connectivity index (χ0v) is 15.9. The van der Waals surface area contributed by atoms with E-state index in [0.29, 0.717) is 5.56 Å². The second-order valence-corrected chi connectivity index (χ2v) is 9.17. The highest BCUT2D eigenvalue weighted by molar-refractivity contribution is 7.89. The number of nitrogens with zero attached hydrogens (tertiary/aromatic N) is 3. The molecule has 0 atom stereocenters. The van der Waals surface area contributed by atoms with Crippen molar-refractivity contribution in [2.45, 2.75) is 37.0 Å². The SMILES string of the molecule is CN(C)S(=O)(=O)c1ccc(N2CCCC2)c(C(=O)N2CCCCC2)c1. The number of carbonyl (C=O) groups excluding carboxylic acids is 1. The minimum atomic E-state index is -3.56. The Morgan fingerprint density at radius 1 is 0.960 bits per heavy atom. The molecule has 2 heterocycles. The van der Waals surface area contributed by atoms with E-state index in [-0.39, 0.29) is 10.8 Å². The van der Waals surface area contributed by atoms with Gasteiger partial charge in [0.1, 0.15) is 0 Å². The van der Waals surface area contributed by atoms with Gasteiger partial charge in [-0.1, -0.05) is 0 Å². The highest BCUT2D eigenvalue weighted by atomic mass is 32.2. The topological polar surface area (TPSA) is 60.9 Å². The van der Waals surface area contributed by atoms with E-state index in [0.717, 1.165) is 64.0 Å². The fourth-order valence-corrected chi connectivity index (χ4v) is 4.49. The molecule has 138 valence electrons. The molecule has 0 aliphatic carbocycles. The summed E-state index contributed by atoms with van der Waals surface area (Å²) in [6, 6.07) is 4.99. The van der Waals surface area contributed by atoms with Crippen LogP contribution < -0.4 is 4.90 Å². The predicted octanol–water partition coefficient (Wildman–Crippen LogP) is 2.16. The fourth-order valence-electron chi connectivity index (χ4n) is 3.56. The maximum absolute atomic E-state index is 13.1. The minimum absolute atomic E-state index is 0.0441. The maximum atomic E-state index is 13.1. The molecule has 1 aromatic carbocycles. The van der Waals surface area contributed by atoms with Gasteiger partial charge in [0, 0.05) is 46.0 Å². The van der Waals surface area contributed by atoms with Crippen LogP contribution in [0.15, 0.2) is 23.1 Å². The summed E-state index contributed by atoms with van der Waals surface area (Å²) in [5, 5.41) is 0. The van der Waals surface area contributed by atoms with Crippen LogP contribution in [0.5, 0.6) is 0 Å². The zero-order chi connectivity index (χ0) is 18.0. The second kappa shape index (κ2) is 7.33. The van der Waals surface area contributed by atoms with Crippen LogP contribution in [0.2, 0.25) is 0 Å². The van der Waals surface area contributed by atoms with Gasteiger partial charge in [0.05, 0.1) is 10.5 Å². The van der Waals surface area contributed by atoms with Crippen LogP contribution in [-0.2, 0) is 10.0 Å². The van der Waals surface area contributed by atoms with Crippen LogP contribution in [0.4, 0.5) is 5.69 Å². The number of benzene rings is 1. The number of hydrogen-bond acceptors (Lipinski definition) is 4. The molecule has 0 saturated carbocycles. The molecule has 6 nitrogen and oxygen atoms in total. The van der Waals surface area contributed by atoms with Gasteiger partial charge in [0.15, 0.2) is 0 Å². The summed E-state index contributed by atoms with van der Waals surface area (Å²) < 4.78 is 26.2. The Balaban J connectivity index is 2.02. The van der Waals surface area contributed by atoms with Gasteiger partial charge in [0.25, 0.3) is 5.91 Å². The molecule has 0 spiro atoms. The molecule has 2 fully saturated rings. The molecular formula is C18H27N3O3S. The van der Waals surface area contributed by atoms with Crippen molar-refractivity contribution in [2.24, 2.45) is 0 Å². The van der Waals surface area contributed by atoms with Crippen LogP contribution in [0.1, 0.15) is 42.5 Å². The Bertz CT molecular complexity index is 734. The van der Waals surface area contributed by atoms with Crippen molar-refractivity contribution in [3.8, 4) is 0 Å². The average Bonchev–Trinajstić information content (AvgIpc) is 3.15. The van der Waals surface area contributed by atoms with Crippen LogP contribution in [-0.4, -0.2) is 63.8 Å². The average molecular weight is 365 g/mol. The van der Waals surface area contributed by atoms with Crippen molar-refractivity contribution in [3.05, 3.63) is 23.8 Å². The maximum Gasteiger partial charge on any atom is 0.256 e. The normalized spacial score (nSPS) is 18.8. The Morgan fingerprint density at radius 3 is 2.16 bits per heavy atom. The lowest BCUT2D eigenvalue weighted by molar-refractivity contribution is 0.0724. The molecule has 0 unspecified atom stereocenters. The van der Waals surface area contributed by atoms with Crippen molar-refractivity contribution in [2.75, 3.05) is 45.2 Å². The van der Waals surface area contributed by atoms with Crippen LogP contribution in [0, 0.1) is 0 Å². The summed E-state index contributed by atoms with van der Waals surface area (Å²) in [7, 11) is -0.540. The number of piperidine rings is 1. The lowest BCUT2D eigenvalue weighted by Crippen LogP contribution is -2.37. The number of carbonyl (C=O) groups is 1. The first-order valence-corrected chi connectivity index (χ1v) is 10.5. The van der Waals surface area contributed by atoms with Gasteiger partial charge in [-0.2, -0.15) is 0 Å². The smallest absolute Gasteiger partial charge is 0.256 e. The molecular weight excluding hydrogens is 338 g/mol. The third-order valence-corrected chi connectivity index (χ3v) is 6.88. The molecule has 2 aliphatic rings. The summed E-state index contributed by atoms with van der Waals surface area (Å²) >= 11 is 0. The quantitative estimate of drug-likeness (QED) is 0.820. The van der Waals surface area contributed by atoms with Crippen molar-refractivity contribution in [3.63, 3.8) is 0 Å². The molecule has 1 aromatic rings. The molecule has 2 aliphatic heterocycles. The molecule has 1 amide bonds. The van der Waals surface area contributed by atoms with E-state index in [1.54, 1.807) is 18.2 Å². The first-order valence-electron chi connectivity index (χ1n) is 9.02. The zero-order valence-electron chi connectivity index (χ0n) is 15.1. The molecule has 0 bridgehead atoms. The van der Waals surface area contributed by atoms with Crippen molar-refractivity contribution in [1.82, 2.24) is 9.21 Å². The van der Waals surface area contributed by atoms with E-state index in [1.165, 1.54) is 18.4 Å². The monoisotopic (exact) mass is 365 g/mol. The van der Waals surface area contributed by atoms with E-state index in [2.05, 4.69) is 4.90 Å².